The van der Waals surface area contributed by atoms with Crippen LogP contribution in [-0.2, 0) is 14.8 Å². The second-order valence-corrected chi connectivity index (χ2v) is 11.0. The molecule has 1 aliphatic rings. The summed E-state index contributed by atoms with van der Waals surface area (Å²) in [7, 11) is -3.95. The van der Waals surface area contributed by atoms with Gasteiger partial charge in [-0.05, 0) is 62.4 Å². The third kappa shape index (κ3) is 5.97. The van der Waals surface area contributed by atoms with Gasteiger partial charge in [-0.3, -0.25) is 4.79 Å². The van der Waals surface area contributed by atoms with E-state index in [1.54, 1.807) is 30.3 Å². The van der Waals surface area contributed by atoms with Crippen LogP contribution in [0.4, 0.5) is 5.69 Å². The lowest BCUT2D eigenvalue weighted by atomic mass is 10.2. The van der Waals surface area contributed by atoms with E-state index < -0.39 is 15.9 Å². The molecule has 2 atom stereocenters. The number of morpholine rings is 1. The largest absolute Gasteiger partial charge is 0.455 e. The predicted molar refractivity (Wildman–Crippen MR) is 136 cm³/mol. The Balaban J connectivity index is 1.61. The first kappa shape index (κ1) is 25.5. The summed E-state index contributed by atoms with van der Waals surface area (Å²) in [6, 6.07) is 18.1. The number of hydrogen-bond acceptors (Lipinski definition) is 5. The van der Waals surface area contributed by atoms with Gasteiger partial charge >= 0.3 is 0 Å². The van der Waals surface area contributed by atoms with E-state index in [0.29, 0.717) is 22.2 Å². The predicted octanol–water partition coefficient (Wildman–Crippen LogP) is 5.84. The van der Waals surface area contributed by atoms with E-state index in [1.807, 2.05) is 32.0 Å². The molecule has 7 nitrogen and oxygen atoms in total. The third-order valence-corrected chi connectivity index (χ3v) is 7.91. The molecule has 2 unspecified atom stereocenters. The molecule has 0 bridgehead atoms. The molecule has 1 fully saturated rings. The van der Waals surface area contributed by atoms with Crippen molar-refractivity contribution >= 4 is 44.8 Å². The van der Waals surface area contributed by atoms with Crippen LogP contribution in [0.3, 0.4) is 0 Å². The number of para-hydroxylation sites is 1. The van der Waals surface area contributed by atoms with E-state index in [2.05, 4.69) is 5.32 Å². The summed E-state index contributed by atoms with van der Waals surface area (Å²) in [4.78, 5) is 13.0. The Bertz CT molecular complexity index is 1320. The van der Waals surface area contributed by atoms with Crippen LogP contribution in [0.5, 0.6) is 11.5 Å². The van der Waals surface area contributed by atoms with E-state index in [4.69, 9.17) is 32.7 Å². The van der Waals surface area contributed by atoms with Crippen LogP contribution in [0.1, 0.15) is 24.2 Å². The van der Waals surface area contributed by atoms with Crippen molar-refractivity contribution in [2.75, 3.05) is 18.4 Å². The maximum absolute atomic E-state index is 13.4. The van der Waals surface area contributed by atoms with Crippen molar-refractivity contribution in [2.24, 2.45) is 0 Å². The highest BCUT2D eigenvalue weighted by Crippen LogP contribution is 2.33. The topological polar surface area (TPSA) is 84.9 Å². The van der Waals surface area contributed by atoms with Crippen LogP contribution in [0.25, 0.3) is 0 Å². The summed E-state index contributed by atoms with van der Waals surface area (Å²) in [6.07, 6.45) is -0.519. The van der Waals surface area contributed by atoms with Gasteiger partial charge in [-0.2, -0.15) is 4.31 Å². The summed E-state index contributed by atoms with van der Waals surface area (Å²) in [5, 5.41) is 3.19. The first-order valence-electron chi connectivity index (χ1n) is 10.9. The smallest absolute Gasteiger partial charge is 0.255 e. The molecule has 4 rings (SSSR count). The zero-order chi connectivity index (χ0) is 25.2. The Kier molecular flexibility index (Phi) is 7.68. The van der Waals surface area contributed by atoms with Crippen molar-refractivity contribution in [2.45, 2.75) is 31.0 Å². The maximum atomic E-state index is 13.4. The monoisotopic (exact) mass is 534 g/mol. The summed E-state index contributed by atoms with van der Waals surface area (Å²) in [5.41, 5.74) is 0.453. The molecule has 184 valence electrons. The van der Waals surface area contributed by atoms with Gasteiger partial charge in [-0.25, -0.2) is 8.42 Å². The number of hydrogen-bond donors (Lipinski definition) is 1. The average molecular weight is 535 g/mol. The molecule has 0 spiro atoms. The Hall–Kier alpha value is -2.62. The molecule has 0 aliphatic carbocycles. The van der Waals surface area contributed by atoms with Gasteiger partial charge < -0.3 is 14.8 Å². The number of carbonyl (C=O) groups excluding carboxylic acids is 1. The van der Waals surface area contributed by atoms with E-state index in [0.717, 1.165) is 0 Å². The lowest BCUT2D eigenvalue weighted by Crippen LogP contribution is -2.48. The van der Waals surface area contributed by atoms with Crippen LogP contribution in [-0.4, -0.2) is 43.9 Å². The quantitative estimate of drug-likeness (QED) is 0.429. The lowest BCUT2D eigenvalue weighted by Gasteiger charge is -2.34. The molecule has 10 heteroatoms. The van der Waals surface area contributed by atoms with Crippen molar-refractivity contribution in [1.29, 1.82) is 0 Å². The van der Waals surface area contributed by atoms with Crippen LogP contribution >= 0.6 is 23.2 Å². The van der Waals surface area contributed by atoms with Crippen molar-refractivity contribution in [1.82, 2.24) is 4.31 Å². The molecule has 0 saturated carbocycles. The third-order valence-electron chi connectivity index (χ3n) is 5.36. The van der Waals surface area contributed by atoms with Gasteiger partial charge in [0.25, 0.3) is 5.91 Å². The number of benzene rings is 3. The number of rotatable bonds is 6. The summed E-state index contributed by atoms with van der Waals surface area (Å²) in [6.45, 7) is 4.01. The fourth-order valence-electron chi connectivity index (χ4n) is 3.81. The van der Waals surface area contributed by atoms with Gasteiger partial charge in [0.1, 0.15) is 10.6 Å². The number of anilines is 1. The SMILES string of the molecule is CC1CN(S(=O)(=O)c2cc(C(=O)Nc3cc(Cl)ccc3Oc3ccccc3)ccc2Cl)CC(C)O1. The Morgan fingerprint density at radius 3 is 2.37 bits per heavy atom. The van der Waals surface area contributed by atoms with Gasteiger partial charge in [0.05, 0.1) is 22.9 Å². The Morgan fingerprint density at radius 1 is 1.00 bits per heavy atom. The second-order valence-electron chi connectivity index (χ2n) is 8.23. The van der Waals surface area contributed by atoms with Crippen LogP contribution in [0.2, 0.25) is 10.0 Å². The molecule has 35 heavy (non-hydrogen) atoms. The van der Waals surface area contributed by atoms with Crippen molar-refractivity contribution in [3.63, 3.8) is 0 Å². The highest BCUT2D eigenvalue weighted by molar-refractivity contribution is 7.89. The molecule has 0 aromatic heterocycles. The number of halogens is 2. The molecule has 1 N–H and O–H groups in total. The van der Waals surface area contributed by atoms with Crippen LogP contribution < -0.4 is 10.1 Å². The highest BCUT2D eigenvalue weighted by Gasteiger charge is 2.34. The van der Waals surface area contributed by atoms with Gasteiger partial charge in [0, 0.05) is 23.7 Å². The standard InChI is InChI=1S/C25H24Cl2N2O5S/c1-16-14-29(15-17(2)33-16)35(31,32)24-12-18(8-10-21(24)27)25(30)28-22-13-19(26)9-11-23(22)34-20-6-4-3-5-7-20/h3-13,16-17H,14-15H2,1-2H3,(H,28,30). The highest BCUT2D eigenvalue weighted by atomic mass is 35.5. The zero-order valence-electron chi connectivity index (χ0n) is 19.1. The van der Waals surface area contributed by atoms with Gasteiger partial charge in [-0.15, -0.1) is 0 Å². The number of sulfonamides is 1. The van der Waals surface area contributed by atoms with Gasteiger partial charge in [0.2, 0.25) is 10.0 Å². The number of nitrogens with zero attached hydrogens (tertiary/aromatic N) is 1. The van der Waals surface area contributed by atoms with Crippen molar-refractivity contribution in [3.8, 4) is 11.5 Å². The minimum Gasteiger partial charge on any atom is -0.455 e. The lowest BCUT2D eigenvalue weighted by molar-refractivity contribution is -0.0440. The van der Waals surface area contributed by atoms with E-state index >= 15 is 0 Å². The van der Waals surface area contributed by atoms with Gasteiger partial charge in [0.15, 0.2) is 5.75 Å². The molecule has 1 aliphatic heterocycles. The summed E-state index contributed by atoms with van der Waals surface area (Å²) >= 11 is 12.4. The number of amides is 1. The van der Waals surface area contributed by atoms with Gasteiger partial charge in [-0.1, -0.05) is 41.4 Å². The molecule has 1 heterocycles. The van der Waals surface area contributed by atoms with E-state index in [9.17, 15) is 13.2 Å². The van der Waals surface area contributed by atoms with Crippen molar-refractivity contribution in [3.05, 3.63) is 82.3 Å². The first-order chi connectivity index (χ1) is 16.6. The Morgan fingerprint density at radius 2 is 1.69 bits per heavy atom. The minimum atomic E-state index is -3.95. The second kappa shape index (κ2) is 10.6. The molecular formula is C25H24Cl2N2O5S. The zero-order valence-corrected chi connectivity index (χ0v) is 21.4. The first-order valence-corrected chi connectivity index (χ1v) is 13.1. The van der Waals surface area contributed by atoms with E-state index in [1.165, 1.54) is 22.5 Å². The molecule has 0 radical (unpaired) electrons. The minimum absolute atomic E-state index is 0.0317. The fourth-order valence-corrected chi connectivity index (χ4v) is 6.07. The molecule has 1 saturated heterocycles. The average Bonchev–Trinajstić information content (AvgIpc) is 2.81. The molecular weight excluding hydrogens is 511 g/mol. The van der Waals surface area contributed by atoms with E-state index in [-0.39, 0.29) is 40.8 Å². The van der Waals surface area contributed by atoms with Crippen LogP contribution in [0.15, 0.2) is 71.6 Å². The normalized spacial score (nSPS) is 18.7. The van der Waals surface area contributed by atoms with Crippen molar-refractivity contribution < 1.29 is 22.7 Å². The number of ether oxygens (including phenoxy) is 2. The molecule has 3 aromatic rings. The Labute approximate surface area is 214 Å². The fraction of sp³-hybridized carbons (Fsp3) is 0.240. The van der Waals surface area contributed by atoms with Crippen LogP contribution in [0, 0.1) is 0 Å². The molecule has 1 amide bonds. The number of nitrogens with one attached hydrogen (secondary N) is 1. The number of carbonyl (C=O) groups is 1. The maximum Gasteiger partial charge on any atom is 0.255 e. The summed E-state index contributed by atoms with van der Waals surface area (Å²) < 4.78 is 39.6. The summed E-state index contributed by atoms with van der Waals surface area (Å²) in [5.74, 6) is 0.424. The molecule has 3 aromatic carbocycles.